The molecule has 3 aromatic carbocycles. The van der Waals surface area contributed by atoms with E-state index in [1.165, 1.54) is 0 Å². The summed E-state index contributed by atoms with van der Waals surface area (Å²) in [6.07, 6.45) is 1.66. The fraction of sp³-hybridized carbons (Fsp3) is 0.0741. The summed E-state index contributed by atoms with van der Waals surface area (Å²) in [5.74, 6) is 1.57. The van der Waals surface area contributed by atoms with Crippen molar-refractivity contribution in [3.63, 3.8) is 0 Å². The van der Waals surface area contributed by atoms with Crippen molar-refractivity contribution in [3.05, 3.63) is 102 Å². The number of hydrogen-bond acceptors (Lipinski definition) is 5. The van der Waals surface area contributed by atoms with E-state index in [1.807, 2.05) is 73.7 Å². The quantitative estimate of drug-likeness (QED) is 0.337. The van der Waals surface area contributed by atoms with Gasteiger partial charge < -0.3 is 9.72 Å². The van der Waals surface area contributed by atoms with Crippen LogP contribution in [0.4, 0.5) is 0 Å². The third-order valence-electron chi connectivity index (χ3n) is 5.52. The van der Waals surface area contributed by atoms with E-state index >= 15 is 0 Å². The molecule has 5 rings (SSSR count). The highest BCUT2D eigenvalue weighted by Crippen LogP contribution is 2.29. The number of imidazole rings is 1. The van der Waals surface area contributed by atoms with Crippen molar-refractivity contribution in [1.29, 1.82) is 5.26 Å². The Balaban J connectivity index is 1.33. The molecule has 0 aliphatic heterocycles. The lowest BCUT2D eigenvalue weighted by molar-refractivity contribution is 0.477. The maximum absolute atomic E-state index is 12.9. The average molecular weight is 465 g/mol. The highest BCUT2D eigenvalue weighted by atomic mass is 32.2. The van der Waals surface area contributed by atoms with Crippen LogP contribution in [0.5, 0.6) is 11.5 Å². The van der Waals surface area contributed by atoms with E-state index < -0.39 is 10.8 Å². The second kappa shape index (κ2) is 9.30. The summed E-state index contributed by atoms with van der Waals surface area (Å²) in [6.45, 7) is 1.91. The van der Waals surface area contributed by atoms with Gasteiger partial charge in [0.05, 0.1) is 44.9 Å². The van der Waals surface area contributed by atoms with Gasteiger partial charge in [-0.25, -0.2) is 4.98 Å². The van der Waals surface area contributed by atoms with Crippen LogP contribution in [-0.4, -0.2) is 19.2 Å². The fourth-order valence-corrected chi connectivity index (χ4v) is 4.76. The highest BCUT2D eigenvalue weighted by molar-refractivity contribution is 7.84. The lowest BCUT2D eigenvalue weighted by Gasteiger charge is -2.12. The van der Waals surface area contributed by atoms with Crippen LogP contribution in [0.3, 0.4) is 0 Å². The first kappa shape index (κ1) is 21.6. The first-order valence-electron chi connectivity index (χ1n) is 10.7. The average Bonchev–Trinajstić information content (AvgIpc) is 3.32. The van der Waals surface area contributed by atoms with Gasteiger partial charge in [-0.2, -0.15) is 5.26 Å². The normalized spacial score (nSPS) is 11.8. The zero-order valence-electron chi connectivity index (χ0n) is 18.4. The van der Waals surface area contributed by atoms with Gasteiger partial charge in [-0.15, -0.1) is 0 Å². The zero-order valence-corrected chi connectivity index (χ0v) is 19.2. The predicted octanol–water partition coefficient (Wildman–Crippen LogP) is 5.91. The molecule has 0 spiro atoms. The molecule has 2 aromatic heterocycles. The van der Waals surface area contributed by atoms with Crippen LogP contribution in [0.2, 0.25) is 0 Å². The molecular formula is C27H20N4O2S. The Bertz CT molecular complexity index is 1520. The van der Waals surface area contributed by atoms with E-state index in [9.17, 15) is 4.21 Å². The molecule has 0 amide bonds. The Morgan fingerprint density at radius 2 is 1.82 bits per heavy atom. The van der Waals surface area contributed by atoms with Crippen LogP contribution in [0.15, 0.2) is 90.2 Å². The van der Waals surface area contributed by atoms with Gasteiger partial charge >= 0.3 is 0 Å². The first-order chi connectivity index (χ1) is 16.6. The van der Waals surface area contributed by atoms with Crippen molar-refractivity contribution in [1.82, 2.24) is 15.0 Å². The Hall–Kier alpha value is -4.28. The van der Waals surface area contributed by atoms with Crippen LogP contribution >= 0.6 is 0 Å². The van der Waals surface area contributed by atoms with Crippen molar-refractivity contribution in [3.8, 4) is 28.7 Å². The van der Waals surface area contributed by atoms with Crippen LogP contribution in [0.25, 0.3) is 22.2 Å². The molecule has 34 heavy (non-hydrogen) atoms. The number of hydrogen-bond donors (Lipinski definition) is 1. The van der Waals surface area contributed by atoms with Crippen LogP contribution in [-0.2, 0) is 16.6 Å². The maximum Gasteiger partial charge on any atom is 0.197 e. The van der Waals surface area contributed by atoms with Crippen molar-refractivity contribution in [2.24, 2.45) is 0 Å². The smallest absolute Gasteiger partial charge is 0.197 e. The van der Waals surface area contributed by atoms with Crippen molar-refractivity contribution in [2.45, 2.75) is 17.8 Å². The topological polar surface area (TPSA) is 91.7 Å². The summed E-state index contributed by atoms with van der Waals surface area (Å²) in [6, 6.07) is 26.7. The lowest BCUT2D eigenvalue weighted by Crippen LogP contribution is -2.03. The summed E-state index contributed by atoms with van der Waals surface area (Å²) in [4.78, 5) is 12.0. The van der Waals surface area contributed by atoms with Crippen LogP contribution < -0.4 is 4.74 Å². The summed E-state index contributed by atoms with van der Waals surface area (Å²) in [7, 11) is -1.37. The van der Waals surface area contributed by atoms with Gasteiger partial charge in [-0.3, -0.25) is 9.19 Å². The second-order valence-corrected chi connectivity index (χ2v) is 9.12. The zero-order chi connectivity index (χ0) is 23.5. The molecule has 5 aromatic rings. The van der Waals surface area contributed by atoms with Crippen molar-refractivity contribution >= 4 is 21.8 Å². The molecule has 6 nitrogen and oxygen atoms in total. The number of nitrogens with one attached hydrogen (secondary N) is 1. The Labute approximate surface area is 199 Å². The third-order valence-corrected chi connectivity index (χ3v) is 6.68. The highest BCUT2D eigenvalue weighted by Gasteiger charge is 2.15. The molecule has 1 atom stereocenters. The number of ether oxygens (including phenoxy) is 1. The first-order valence-corrected chi connectivity index (χ1v) is 12.0. The van der Waals surface area contributed by atoms with E-state index in [4.69, 9.17) is 10.00 Å². The Morgan fingerprint density at radius 3 is 2.62 bits per heavy atom. The minimum absolute atomic E-state index is 0.233. The number of fused-ring (bicyclic) bond motifs is 1. The summed E-state index contributed by atoms with van der Waals surface area (Å²) in [5.41, 5.74) is 5.77. The number of benzene rings is 3. The van der Waals surface area contributed by atoms with E-state index in [-0.39, 0.29) is 5.75 Å². The number of rotatable bonds is 6. The number of nitriles is 1. The van der Waals surface area contributed by atoms with Crippen LogP contribution in [0, 0.1) is 18.3 Å². The monoisotopic (exact) mass is 464 g/mol. The molecule has 0 fully saturated rings. The number of nitrogens with zero attached hydrogens (tertiary/aromatic N) is 3. The summed E-state index contributed by atoms with van der Waals surface area (Å²) >= 11 is 0. The molecule has 0 saturated carbocycles. The van der Waals surface area contributed by atoms with Gasteiger partial charge in [0.2, 0.25) is 0 Å². The van der Waals surface area contributed by atoms with Gasteiger partial charge in [-0.1, -0.05) is 36.4 Å². The maximum atomic E-state index is 12.9. The minimum atomic E-state index is -1.37. The van der Waals surface area contributed by atoms with Gasteiger partial charge in [0.25, 0.3) is 0 Å². The van der Waals surface area contributed by atoms with E-state index in [0.717, 1.165) is 27.7 Å². The van der Waals surface area contributed by atoms with E-state index in [2.05, 4.69) is 21.0 Å². The molecule has 0 saturated heterocycles. The SMILES string of the molecule is Cc1c(Oc2ccc(-c3cccc(C#N)c3)cc2)ccnc1CS(=O)c1nc2ccccc2[nH]1. The molecule has 0 bridgehead atoms. The van der Waals surface area contributed by atoms with Crippen LogP contribution in [0.1, 0.15) is 16.8 Å². The Morgan fingerprint density at radius 1 is 1.00 bits per heavy atom. The molecule has 7 heteroatoms. The number of pyridine rings is 1. The molecule has 166 valence electrons. The van der Waals surface area contributed by atoms with E-state index in [1.54, 1.807) is 18.3 Å². The number of para-hydroxylation sites is 2. The van der Waals surface area contributed by atoms with Gasteiger partial charge in [0.1, 0.15) is 11.5 Å². The molecule has 1 unspecified atom stereocenters. The predicted molar refractivity (Wildman–Crippen MR) is 132 cm³/mol. The summed E-state index contributed by atoms with van der Waals surface area (Å²) in [5, 5.41) is 9.55. The number of aromatic amines is 1. The third kappa shape index (κ3) is 4.45. The lowest BCUT2D eigenvalue weighted by atomic mass is 10.0. The number of H-pyrrole nitrogens is 1. The summed E-state index contributed by atoms with van der Waals surface area (Å²) < 4.78 is 19.0. The second-order valence-electron chi connectivity index (χ2n) is 7.75. The Kier molecular flexibility index (Phi) is 5.90. The standard InChI is InChI=1S/C27H20N4O2S/c1-18-25(17-34(32)27-30-23-7-2-3-8-24(23)31-27)29-14-13-26(18)33-22-11-9-20(10-12-22)21-6-4-5-19(15-21)16-28/h2-15H,17H2,1H3,(H,30,31). The van der Waals surface area contributed by atoms with Crippen molar-refractivity contribution < 1.29 is 8.95 Å². The van der Waals surface area contributed by atoms with Gasteiger partial charge in [0, 0.05) is 11.8 Å². The van der Waals surface area contributed by atoms with Gasteiger partial charge in [-0.05, 0) is 60.5 Å². The van der Waals surface area contributed by atoms with Gasteiger partial charge in [0.15, 0.2) is 5.16 Å². The molecular weight excluding hydrogens is 444 g/mol. The number of aromatic nitrogens is 3. The molecule has 0 radical (unpaired) electrons. The fourth-order valence-electron chi connectivity index (χ4n) is 3.66. The molecule has 2 heterocycles. The van der Waals surface area contributed by atoms with E-state index in [0.29, 0.717) is 27.9 Å². The minimum Gasteiger partial charge on any atom is -0.457 e. The molecule has 0 aliphatic rings. The van der Waals surface area contributed by atoms with Crippen molar-refractivity contribution in [2.75, 3.05) is 0 Å². The largest absolute Gasteiger partial charge is 0.457 e. The molecule has 0 aliphatic carbocycles. The molecule has 1 N–H and O–H groups in total.